The molecular weight excluding hydrogens is 272 g/mol. The normalized spacial score (nSPS) is 17.9. The van der Waals surface area contributed by atoms with E-state index in [0.29, 0.717) is 12.8 Å². The van der Waals surface area contributed by atoms with E-state index in [2.05, 4.69) is 10.1 Å². The van der Waals surface area contributed by atoms with Crippen LogP contribution in [0.3, 0.4) is 0 Å². The van der Waals surface area contributed by atoms with Crippen LogP contribution in [-0.2, 0) is 14.3 Å². The molecule has 1 fully saturated rings. The van der Waals surface area contributed by atoms with E-state index in [4.69, 9.17) is 5.11 Å². The molecule has 0 bridgehead atoms. The molecule has 0 aromatic carbocycles. The van der Waals surface area contributed by atoms with E-state index in [-0.39, 0.29) is 25.4 Å². The van der Waals surface area contributed by atoms with Gasteiger partial charge in [0.25, 0.3) is 6.43 Å². The minimum absolute atomic E-state index is 0.0336. The van der Waals surface area contributed by atoms with Crippen LogP contribution in [0.1, 0.15) is 44.9 Å². The first kappa shape index (κ1) is 16.8. The minimum Gasteiger partial charge on any atom is -0.481 e. The van der Waals surface area contributed by atoms with Crippen LogP contribution >= 0.6 is 0 Å². The van der Waals surface area contributed by atoms with E-state index >= 15 is 0 Å². The maximum atomic E-state index is 11.8. The Morgan fingerprint density at radius 1 is 1.25 bits per heavy atom. The SMILES string of the molecule is O=C(O)CC1(NC(=O)CCOCC(F)F)CCCCC1. The predicted molar refractivity (Wildman–Crippen MR) is 67.7 cm³/mol. The molecule has 116 valence electrons. The number of carbonyl (C=O) groups excluding carboxylic acids is 1. The molecule has 1 amide bonds. The van der Waals surface area contributed by atoms with Crippen LogP contribution in [0, 0.1) is 0 Å². The number of carbonyl (C=O) groups is 2. The number of halogens is 2. The number of carboxylic acid groups (broad SMARTS) is 1. The Kier molecular flexibility index (Phi) is 6.84. The summed E-state index contributed by atoms with van der Waals surface area (Å²) in [5.41, 5.74) is -0.691. The number of aliphatic carboxylic acids is 1. The zero-order valence-electron chi connectivity index (χ0n) is 11.4. The maximum absolute atomic E-state index is 11.8. The van der Waals surface area contributed by atoms with Gasteiger partial charge in [0.1, 0.15) is 6.61 Å². The molecule has 1 aliphatic carbocycles. The summed E-state index contributed by atoms with van der Waals surface area (Å²) in [5, 5.41) is 11.7. The van der Waals surface area contributed by atoms with Gasteiger partial charge in [0.15, 0.2) is 0 Å². The van der Waals surface area contributed by atoms with Crippen molar-refractivity contribution >= 4 is 11.9 Å². The molecule has 0 unspecified atom stereocenters. The Hall–Kier alpha value is -1.24. The minimum atomic E-state index is -2.55. The van der Waals surface area contributed by atoms with Crippen LogP contribution in [0.5, 0.6) is 0 Å². The van der Waals surface area contributed by atoms with Crippen molar-refractivity contribution in [3.05, 3.63) is 0 Å². The topological polar surface area (TPSA) is 75.6 Å². The third kappa shape index (κ3) is 6.27. The summed E-state index contributed by atoms with van der Waals surface area (Å²) >= 11 is 0. The van der Waals surface area contributed by atoms with Crippen molar-refractivity contribution in [2.24, 2.45) is 0 Å². The van der Waals surface area contributed by atoms with Gasteiger partial charge in [-0.2, -0.15) is 0 Å². The summed E-state index contributed by atoms with van der Waals surface area (Å²) in [6.07, 6.45) is 1.41. The maximum Gasteiger partial charge on any atom is 0.305 e. The molecule has 0 heterocycles. The van der Waals surface area contributed by atoms with Gasteiger partial charge in [-0.15, -0.1) is 0 Å². The van der Waals surface area contributed by atoms with E-state index in [1.54, 1.807) is 0 Å². The van der Waals surface area contributed by atoms with Gasteiger partial charge in [-0.1, -0.05) is 19.3 Å². The molecule has 5 nitrogen and oxygen atoms in total. The van der Waals surface area contributed by atoms with Gasteiger partial charge < -0.3 is 15.2 Å². The molecule has 0 radical (unpaired) electrons. The number of rotatable bonds is 8. The van der Waals surface area contributed by atoms with Gasteiger partial charge in [-0.05, 0) is 12.8 Å². The standard InChI is InChI=1S/C13H21F2NO4/c14-10(15)9-20-7-4-11(17)16-13(8-12(18)19)5-2-1-3-6-13/h10H,1-9H2,(H,16,17)(H,18,19). The third-order valence-electron chi connectivity index (χ3n) is 3.42. The van der Waals surface area contributed by atoms with Crippen molar-refractivity contribution in [2.45, 2.75) is 56.9 Å². The highest BCUT2D eigenvalue weighted by Crippen LogP contribution is 2.31. The first-order valence-electron chi connectivity index (χ1n) is 6.82. The fourth-order valence-electron chi connectivity index (χ4n) is 2.56. The summed E-state index contributed by atoms with van der Waals surface area (Å²) in [4.78, 5) is 22.7. The van der Waals surface area contributed by atoms with Crippen LogP contribution in [0.15, 0.2) is 0 Å². The lowest BCUT2D eigenvalue weighted by molar-refractivity contribution is -0.139. The molecule has 0 aromatic rings. The smallest absolute Gasteiger partial charge is 0.305 e. The lowest BCUT2D eigenvalue weighted by Gasteiger charge is -2.37. The second-order valence-corrected chi connectivity index (χ2v) is 5.18. The van der Waals surface area contributed by atoms with Gasteiger partial charge in [0, 0.05) is 6.42 Å². The van der Waals surface area contributed by atoms with Crippen molar-refractivity contribution in [1.82, 2.24) is 5.32 Å². The molecular formula is C13H21F2NO4. The number of nitrogens with one attached hydrogen (secondary N) is 1. The van der Waals surface area contributed by atoms with Gasteiger partial charge in [0.05, 0.1) is 18.6 Å². The van der Waals surface area contributed by atoms with Crippen molar-refractivity contribution in [3.63, 3.8) is 0 Å². The number of ether oxygens (including phenoxy) is 1. The van der Waals surface area contributed by atoms with Gasteiger partial charge in [0.2, 0.25) is 5.91 Å². The van der Waals surface area contributed by atoms with E-state index in [0.717, 1.165) is 19.3 Å². The zero-order valence-corrected chi connectivity index (χ0v) is 11.4. The Labute approximate surface area is 116 Å². The van der Waals surface area contributed by atoms with Crippen LogP contribution in [-0.4, -0.2) is 42.2 Å². The number of hydrogen-bond acceptors (Lipinski definition) is 3. The highest BCUT2D eigenvalue weighted by Gasteiger charge is 2.35. The third-order valence-corrected chi connectivity index (χ3v) is 3.42. The molecule has 7 heteroatoms. The Balaban J connectivity index is 2.40. The number of amides is 1. The summed E-state index contributed by atoms with van der Waals surface area (Å²) in [7, 11) is 0. The molecule has 0 atom stereocenters. The predicted octanol–water partition coefficient (Wildman–Crippen LogP) is 1.95. The van der Waals surface area contributed by atoms with Crippen LogP contribution in [0.25, 0.3) is 0 Å². The molecule has 1 saturated carbocycles. The van der Waals surface area contributed by atoms with Crippen LogP contribution < -0.4 is 5.32 Å². The Bertz CT molecular complexity index is 330. The van der Waals surface area contributed by atoms with Gasteiger partial charge >= 0.3 is 5.97 Å². The van der Waals surface area contributed by atoms with E-state index < -0.39 is 24.5 Å². The van der Waals surface area contributed by atoms with Gasteiger partial charge in [-0.25, -0.2) is 8.78 Å². The summed E-state index contributed by atoms with van der Waals surface area (Å²) < 4.78 is 28.3. The molecule has 1 aliphatic rings. The highest BCUT2D eigenvalue weighted by molar-refractivity contribution is 5.78. The van der Waals surface area contributed by atoms with Crippen molar-refractivity contribution < 1.29 is 28.2 Å². The first-order valence-corrected chi connectivity index (χ1v) is 6.82. The fraction of sp³-hybridized carbons (Fsp3) is 0.846. The van der Waals surface area contributed by atoms with Crippen molar-refractivity contribution in [3.8, 4) is 0 Å². The zero-order chi connectivity index (χ0) is 15.0. The van der Waals surface area contributed by atoms with Crippen LogP contribution in [0.4, 0.5) is 8.78 Å². The monoisotopic (exact) mass is 293 g/mol. The Morgan fingerprint density at radius 2 is 1.90 bits per heavy atom. The molecule has 1 rings (SSSR count). The average Bonchev–Trinajstić information content (AvgIpc) is 2.34. The Morgan fingerprint density at radius 3 is 2.45 bits per heavy atom. The molecule has 0 aliphatic heterocycles. The number of hydrogen-bond donors (Lipinski definition) is 2. The average molecular weight is 293 g/mol. The van der Waals surface area contributed by atoms with E-state index in [9.17, 15) is 18.4 Å². The first-order chi connectivity index (χ1) is 9.43. The molecule has 0 saturated heterocycles. The van der Waals surface area contributed by atoms with Crippen LogP contribution in [0.2, 0.25) is 0 Å². The largest absolute Gasteiger partial charge is 0.481 e. The summed E-state index contributed by atoms with van der Waals surface area (Å²) in [6.45, 7) is -0.771. The summed E-state index contributed by atoms with van der Waals surface area (Å²) in [6, 6.07) is 0. The number of alkyl halides is 2. The lowest BCUT2D eigenvalue weighted by Crippen LogP contribution is -2.51. The van der Waals surface area contributed by atoms with Gasteiger partial charge in [-0.3, -0.25) is 9.59 Å². The van der Waals surface area contributed by atoms with Crippen molar-refractivity contribution in [2.75, 3.05) is 13.2 Å². The fourth-order valence-corrected chi connectivity index (χ4v) is 2.56. The molecule has 0 spiro atoms. The molecule has 2 N–H and O–H groups in total. The number of carboxylic acids is 1. The van der Waals surface area contributed by atoms with E-state index in [1.807, 2.05) is 0 Å². The quantitative estimate of drug-likeness (QED) is 0.671. The highest BCUT2D eigenvalue weighted by atomic mass is 19.3. The van der Waals surface area contributed by atoms with E-state index in [1.165, 1.54) is 0 Å². The molecule has 20 heavy (non-hydrogen) atoms. The van der Waals surface area contributed by atoms with Crippen molar-refractivity contribution in [1.29, 1.82) is 0 Å². The second kappa shape index (κ2) is 8.14. The second-order valence-electron chi connectivity index (χ2n) is 5.18. The summed E-state index contributed by atoms with van der Waals surface area (Å²) in [5.74, 6) is -1.29. The lowest BCUT2D eigenvalue weighted by atomic mass is 9.79. The molecule has 0 aromatic heterocycles.